The Bertz CT molecular complexity index is 536. The highest BCUT2D eigenvalue weighted by Crippen LogP contribution is 2.40. The fourth-order valence-electron chi connectivity index (χ4n) is 3.01. The summed E-state index contributed by atoms with van der Waals surface area (Å²) in [4.78, 5) is 12.0. The molecule has 1 unspecified atom stereocenters. The van der Waals surface area contributed by atoms with Gasteiger partial charge in [-0.2, -0.15) is 0 Å². The van der Waals surface area contributed by atoms with Gasteiger partial charge in [0.2, 0.25) is 0 Å². The van der Waals surface area contributed by atoms with Crippen molar-refractivity contribution in [2.45, 2.75) is 44.8 Å². The second-order valence-electron chi connectivity index (χ2n) is 6.23. The van der Waals surface area contributed by atoms with Gasteiger partial charge >= 0.3 is 5.97 Å². The van der Waals surface area contributed by atoms with Gasteiger partial charge in [0.15, 0.2) is 6.29 Å². The normalized spacial score (nSPS) is 17.7. The Morgan fingerprint density at radius 1 is 1.30 bits per heavy atom. The van der Waals surface area contributed by atoms with Crippen molar-refractivity contribution in [1.29, 1.82) is 0 Å². The number of ether oxygens (including phenoxy) is 4. The fraction of sp³-hybridized carbons (Fsp3) is 0.611. The zero-order valence-electron chi connectivity index (χ0n) is 14.4. The van der Waals surface area contributed by atoms with Crippen LogP contribution in [0.3, 0.4) is 0 Å². The van der Waals surface area contributed by atoms with Crippen molar-refractivity contribution in [3.63, 3.8) is 0 Å². The first-order valence-electron chi connectivity index (χ1n) is 7.93. The molecule has 1 saturated heterocycles. The number of hydrogen-bond acceptors (Lipinski definition) is 5. The maximum Gasteiger partial charge on any atom is 0.306 e. The second kappa shape index (κ2) is 7.79. The topological polar surface area (TPSA) is 54.0 Å². The highest BCUT2D eigenvalue weighted by atomic mass is 16.7. The lowest BCUT2D eigenvalue weighted by Crippen LogP contribution is -2.29. The van der Waals surface area contributed by atoms with Crippen LogP contribution in [-0.4, -0.2) is 39.7 Å². The minimum atomic E-state index is -0.403. The Balaban J connectivity index is 2.27. The molecule has 0 radical (unpaired) electrons. The Labute approximate surface area is 137 Å². The molecular weight excluding hydrogens is 296 g/mol. The van der Waals surface area contributed by atoms with Crippen molar-refractivity contribution >= 4 is 5.97 Å². The molecule has 0 saturated carbocycles. The molecule has 23 heavy (non-hydrogen) atoms. The number of benzene rings is 1. The number of aryl methyl sites for hydroxylation is 1. The zero-order chi connectivity index (χ0) is 16.9. The largest absolute Gasteiger partial charge is 0.496 e. The maximum atomic E-state index is 12.0. The molecule has 0 N–H and O–H groups in total. The molecule has 0 aromatic heterocycles. The first-order chi connectivity index (χ1) is 11.0. The summed E-state index contributed by atoms with van der Waals surface area (Å²) < 4.78 is 21.5. The van der Waals surface area contributed by atoms with Gasteiger partial charge in [-0.3, -0.25) is 4.79 Å². The van der Waals surface area contributed by atoms with Gasteiger partial charge in [-0.15, -0.1) is 0 Å². The van der Waals surface area contributed by atoms with E-state index in [-0.39, 0.29) is 18.7 Å². The van der Waals surface area contributed by atoms with Crippen LogP contribution in [0.5, 0.6) is 5.75 Å². The first-order valence-corrected chi connectivity index (χ1v) is 7.93. The van der Waals surface area contributed by atoms with Crippen LogP contribution in [0.4, 0.5) is 0 Å². The van der Waals surface area contributed by atoms with Crippen LogP contribution >= 0.6 is 0 Å². The van der Waals surface area contributed by atoms with Gasteiger partial charge in [-0.25, -0.2) is 0 Å². The van der Waals surface area contributed by atoms with E-state index in [1.165, 1.54) is 7.11 Å². The Hall–Kier alpha value is -1.59. The molecule has 1 fully saturated rings. The smallest absolute Gasteiger partial charge is 0.306 e. The number of methoxy groups -OCH3 is 2. The molecule has 0 bridgehead atoms. The molecule has 0 amide bonds. The Morgan fingerprint density at radius 2 is 2.00 bits per heavy atom. The van der Waals surface area contributed by atoms with E-state index in [0.717, 1.165) is 29.7 Å². The monoisotopic (exact) mass is 322 g/mol. The van der Waals surface area contributed by atoms with Crippen LogP contribution in [-0.2, 0) is 24.4 Å². The zero-order valence-corrected chi connectivity index (χ0v) is 14.4. The maximum absolute atomic E-state index is 12.0. The minimum Gasteiger partial charge on any atom is -0.496 e. The molecule has 1 aliphatic rings. The van der Waals surface area contributed by atoms with Gasteiger partial charge in [0.1, 0.15) is 5.75 Å². The molecule has 128 valence electrons. The molecule has 0 spiro atoms. The number of carbonyl (C=O) groups excluding carboxylic acids is 1. The SMILES string of the molecule is COC(=O)CC(C)(CCC1OCCO1)c1cc(C)ccc1OC. The molecule has 5 nitrogen and oxygen atoms in total. The molecule has 1 atom stereocenters. The van der Waals surface area contributed by atoms with Gasteiger partial charge in [0.25, 0.3) is 0 Å². The summed E-state index contributed by atoms with van der Waals surface area (Å²) in [7, 11) is 3.06. The van der Waals surface area contributed by atoms with Gasteiger partial charge < -0.3 is 18.9 Å². The lowest BCUT2D eigenvalue weighted by atomic mass is 9.75. The van der Waals surface area contributed by atoms with Crippen molar-refractivity contribution in [2.75, 3.05) is 27.4 Å². The van der Waals surface area contributed by atoms with E-state index in [0.29, 0.717) is 13.2 Å². The lowest BCUT2D eigenvalue weighted by Gasteiger charge is -2.31. The van der Waals surface area contributed by atoms with Gasteiger partial charge in [-0.05, 0) is 25.8 Å². The highest BCUT2D eigenvalue weighted by Gasteiger charge is 2.34. The van der Waals surface area contributed by atoms with E-state index >= 15 is 0 Å². The predicted octanol–water partition coefficient (Wildman–Crippen LogP) is 2.98. The Morgan fingerprint density at radius 3 is 2.61 bits per heavy atom. The number of carbonyl (C=O) groups is 1. The van der Waals surface area contributed by atoms with E-state index in [9.17, 15) is 4.79 Å². The molecule has 0 aliphatic carbocycles. The first kappa shape index (κ1) is 17.8. The van der Waals surface area contributed by atoms with Crippen molar-refractivity contribution in [3.05, 3.63) is 29.3 Å². The highest BCUT2D eigenvalue weighted by molar-refractivity contribution is 5.71. The summed E-state index contributed by atoms with van der Waals surface area (Å²) in [5, 5.41) is 0. The van der Waals surface area contributed by atoms with E-state index in [1.54, 1.807) is 7.11 Å². The standard InChI is InChI=1S/C18H26O5/c1-13-5-6-15(20-3)14(11-13)18(2,12-16(19)21-4)8-7-17-22-9-10-23-17/h5-6,11,17H,7-10,12H2,1-4H3. The number of esters is 1. The van der Waals surface area contributed by atoms with Crippen LogP contribution in [0.1, 0.15) is 37.3 Å². The van der Waals surface area contributed by atoms with E-state index in [4.69, 9.17) is 18.9 Å². The third kappa shape index (κ3) is 4.45. The number of rotatable bonds is 7. The van der Waals surface area contributed by atoms with Gasteiger partial charge in [-0.1, -0.05) is 24.6 Å². The average molecular weight is 322 g/mol. The third-order valence-electron chi connectivity index (χ3n) is 4.39. The molecule has 5 heteroatoms. The van der Waals surface area contributed by atoms with Gasteiger partial charge in [0, 0.05) is 11.0 Å². The van der Waals surface area contributed by atoms with Crippen molar-refractivity contribution in [2.24, 2.45) is 0 Å². The van der Waals surface area contributed by atoms with E-state index in [1.807, 2.05) is 19.1 Å². The predicted molar refractivity (Wildman–Crippen MR) is 86.6 cm³/mol. The van der Waals surface area contributed by atoms with Crippen molar-refractivity contribution in [3.8, 4) is 5.75 Å². The van der Waals surface area contributed by atoms with Crippen molar-refractivity contribution < 1.29 is 23.7 Å². The quantitative estimate of drug-likeness (QED) is 0.722. The van der Waals surface area contributed by atoms with Crippen LogP contribution in [0.15, 0.2) is 18.2 Å². The molecule has 1 heterocycles. The van der Waals surface area contributed by atoms with Crippen LogP contribution < -0.4 is 4.74 Å². The van der Waals surface area contributed by atoms with E-state index < -0.39 is 5.41 Å². The summed E-state index contributed by atoms with van der Waals surface area (Å²) in [5.41, 5.74) is 1.74. The number of hydrogen-bond donors (Lipinski definition) is 0. The molecular formula is C18H26O5. The van der Waals surface area contributed by atoms with Crippen LogP contribution in [0.25, 0.3) is 0 Å². The average Bonchev–Trinajstić information content (AvgIpc) is 3.06. The molecule has 1 aromatic carbocycles. The summed E-state index contributed by atoms with van der Waals surface area (Å²) in [5.74, 6) is 0.555. The molecule has 1 aliphatic heterocycles. The van der Waals surface area contributed by atoms with Crippen LogP contribution in [0.2, 0.25) is 0 Å². The summed E-state index contributed by atoms with van der Waals surface area (Å²) >= 11 is 0. The summed E-state index contributed by atoms with van der Waals surface area (Å²) in [6, 6.07) is 6.03. The summed E-state index contributed by atoms with van der Waals surface area (Å²) in [6.07, 6.45) is 1.57. The lowest BCUT2D eigenvalue weighted by molar-refractivity contribution is -0.142. The third-order valence-corrected chi connectivity index (χ3v) is 4.39. The molecule has 2 rings (SSSR count). The van der Waals surface area contributed by atoms with Crippen LogP contribution in [0, 0.1) is 6.92 Å². The van der Waals surface area contributed by atoms with Gasteiger partial charge in [0.05, 0.1) is 33.9 Å². The molecule has 1 aromatic rings. The fourth-order valence-corrected chi connectivity index (χ4v) is 3.01. The summed E-state index contributed by atoms with van der Waals surface area (Å²) in [6.45, 7) is 5.36. The second-order valence-corrected chi connectivity index (χ2v) is 6.23. The minimum absolute atomic E-state index is 0.192. The van der Waals surface area contributed by atoms with Crippen molar-refractivity contribution in [1.82, 2.24) is 0 Å². The Kier molecular flexibility index (Phi) is 6.02. The van der Waals surface area contributed by atoms with E-state index in [2.05, 4.69) is 13.0 Å².